The molecule has 0 aromatic rings. The van der Waals surface area contributed by atoms with Crippen molar-refractivity contribution in [2.24, 2.45) is 0 Å². The van der Waals surface area contributed by atoms with E-state index in [9.17, 15) is 5.11 Å². The molecule has 0 aliphatic heterocycles. The topological polar surface area (TPSA) is 20.2 Å². The molecule has 0 saturated carbocycles. The van der Waals surface area contributed by atoms with Crippen LogP contribution in [0, 0.1) is 0 Å². The van der Waals surface area contributed by atoms with Gasteiger partial charge in [-0.1, -0.05) is 26.8 Å². The summed E-state index contributed by atoms with van der Waals surface area (Å²) in [5.74, 6) is 0.801. The first kappa shape index (κ1) is 11.1. The largest absolute Gasteiger partial charge is 0.392 e. The monoisotopic (exact) mass is 174 g/mol. The summed E-state index contributed by atoms with van der Waals surface area (Å²) >= 11 is 1.78. The molecule has 0 bridgehead atoms. The molecule has 0 aliphatic rings. The number of rotatable bonds is 4. The van der Waals surface area contributed by atoms with Crippen molar-refractivity contribution in [3.63, 3.8) is 0 Å². The molecule has 0 fully saturated rings. The molecule has 0 radical (unpaired) electrons. The van der Waals surface area contributed by atoms with Crippen LogP contribution in [-0.4, -0.2) is 21.7 Å². The minimum atomic E-state index is -0.225. The van der Waals surface area contributed by atoms with Gasteiger partial charge < -0.3 is 5.11 Å². The Morgan fingerprint density at radius 2 is 2.09 bits per heavy atom. The fourth-order valence-electron chi connectivity index (χ4n) is 0.607. The van der Waals surface area contributed by atoms with E-state index in [0.29, 0.717) is 6.42 Å². The second kappa shape index (κ2) is 4.83. The summed E-state index contributed by atoms with van der Waals surface area (Å²) in [4.78, 5) is 0. The summed E-state index contributed by atoms with van der Waals surface area (Å²) in [5.41, 5.74) is 0. The lowest BCUT2D eigenvalue weighted by Gasteiger charge is -2.19. The van der Waals surface area contributed by atoms with Crippen LogP contribution in [-0.2, 0) is 0 Å². The van der Waals surface area contributed by atoms with Gasteiger partial charge >= 0.3 is 0 Å². The Bertz CT molecular complexity index is 115. The van der Waals surface area contributed by atoms with Crippen LogP contribution in [0.2, 0.25) is 0 Å². The number of aliphatic hydroxyl groups excluding tert-OH is 1. The summed E-state index contributed by atoms with van der Waals surface area (Å²) in [5, 5.41) is 9.32. The Labute approximate surface area is 73.9 Å². The Hall–Kier alpha value is 0.0500. The van der Waals surface area contributed by atoms with Crippen LogP contribution < -0.4 is 0 Å². The highest BCUT2D eigenvalue weighted by atomic mass is 32.2. The Morgan fingerprint density at radius 1 is 1.55 bits per heavy atom. The Morgan fingerprint density at radius 3 is 2.45 bits per heavy atom. The van der Waals surface area contributed by atoms with Crippen LogP contribution in [0.25, 0.3) is 0 Å². The van der Waals surface area contributed by atoms with Gasteiger partial charge in [0.25, 0.3) is 0 Å². The number of aliphatic hydroxyl groups is 1. The average Bonchev–Trinajstić information content (AvgIpc) is 1.83. The molecule has 0 heterocycles. The van der Waals surface area contributed by atoms with E-state index in [-0.39, 0.29) is 10.9 Å². The molecule has 0 saturated heterocycles. The molecule has 0 aromatic carbocycles. The van der Waals surface area contributed by atoms with Gasteiger partial charge in [-0.2, -0.15) is 11.8 Å². The lowest BCUT2D eigenvalue weighted by Crippen LogP contribution is -2.15. The van der Waals surface area contributed by atoms with Crippen LogP contribution in [0.1, 0.15) is 27.2 Å². The van der Waals surface area contributed by atoms with Crippen LogP contribution in [0.4, 0.5) is 0 Å². The number of thioether (sulfide) groups is 1. The van der Waals surface area contributed by atoms with E-state index in [1.165, 1.54) is 0 Å². The van der Waals surface area contributed by atoms with Crippen molar-refractivity contribution in [2.45, 2.75) is 38.0 Å². The van der Waals surface area contributed by atoms with Gasteiger partial charge in [0.15, 0.2) is 0 Å². The molecular formula is C9H18OS. The first-order chi connectivity index (χ1) is 4.95. The highest BCUT2D eigenvalue weighted by Gasteiger charge is 2.12. The number of hydrogen-bond donors (Lipinski definition) is 1. The van der Waals surface area contributed by atoms with Crippen LogP contribution in [0.3, 0.4) is 0 Å². The molecule has 0 aromatic heterocycles. The van der Waals surface area contributed by atoms with Crippen molar-refractivity contribution in [1.82, 2.24) is 0 Å². The first-order valence-corrected chi connectivity index (χ1v) is 4.87. The second-order valence-electron chi connectivity index (χ2n) is 3.60. The third kappa shape index (κ3) is 7.95. The molecule has 2 heteroatoms. The molecule has 1 N–H and O–H groups in total. The summed E-state index contributed by atoms with van der Waals surface area (Å²) in [7, 11) is 0. The van der Waals surface area contributed by atoms with E-state index in [0.717, 1.165) is 5.75 Å². The SMILES string of the molecule is C=CCC(O)CSC(C)(C)C. The van der Waals surface area contributed by atoms with Gasteiger partial charge in [-0.05, 0) is 6.42 Å². The van der Waals surface area contributed by atoms with E-state index in [2.05, 4.69) is 27.4 Å². The Balaban J connectivity index is 3.45. The van der Waals surface area contributed by atoms with Crippen molar-refractivity contribution in [3.05, 3.63) is 12.7 Å². The molecule has 11 heavy (non-hydrogen) atoms. The van der Waals surface area contributed by atoms with E-state index in [4.69, 9.17) is 0 Å². The zero-order valence-corrected chi connectivity index (χ0v) is 8.45. The van der Waals surface area contributed by atoms with Crippen LogP contribution in [0.15, 0.2) is 12.7 Å². The minimum Gasteiger partial charge on any atom is -0.392 e. The predicted molar refractivity (Wildman–Crippen MR) is 53.0 cm³/mol. The predicted octanol–water partition coefficient (Wildman–Crippen LogP) is 2.46. The van der Waals surface area contributed by atoms with Gasteiger partial charge in [-0.15, -0.1) is 6.58 Å². The van der Waals surface area contributed by atoms with E-state index >= 15 is 0 Å². The summed E-state index contributed by atoms with van der Waals surface area (Å²) in [6.45, 7) is 10.0. The molecular weight excluding hydrogens is 156 g/mol. The smallest absolute Gasteiger partial charge is 0.0665 e. The third-order valence-corrected chi connectivity index (χ3v) is 2.56. The molecule has 0 aliphatic carbocycles. The standard InChI is InChI=1S/C9H18OS/c1-5-6-8(10)7-11-9(2,3)4/h5,8,10H,1,6-7H2,2-4H3. The molecule has 0 amide bonds. The van der Waals surface area contributed by atoms with Gasteiger partial charge in [0.2, 0.25) is 0 Å². The summed E-state index contributed by atoms with van der Waals surface area (Å²) in [6, 6.07) is 0. The Kier molecular flexibility index (Phi) is 4.86. The van der Waals surface area contributed by atoms with E-state index in [1.54, 1.807) is 17.8 Å². The van der Waals surface area contributed by atoms with Crippen molar-refractivity contribution >= 4 is 11.8 Å². The van der Waals surface area contributed by atoms with Crippen LogP contribution >= 0.6 is 11.8 Å². The molecule has 66 valence electrons. The quantitative estimate of drug-likeness (QED) is 0.661. The molecule has 1 atom stereocenters. The second-order valence-corrected chi connectivity index (χ2v) is 5.45. The normalized spacial score (nSPS) is 14.5. The number of hydrogen-bond acceptors (Lipinski definition) is 2. The van der Waals surface area contributed by atoms with Gasteiger partial charge in [-0.25, -0.2) is 0 Å². The maximum atomic E-state index is 9.32. The molecule has 0 spiro atoms. The van der Waals surface area contributed by atoms with Gasteiger partial charge in [0, 0.05) is 10.5 Å². The van der Waals surface area contributed by atoms with Gasteiger partial charge in [-0.3, -0.25) is 0 Å². The lowest BCUT2D eigenvalue weighted by atomic mass is 10.3. The zero-order valence-electron chi connectivity index (χ0n) is 7.63. The van der Waals surface area contributed by atoms with Crippen molar-refractivity contribution < 1.29 is 5.11 Å². The first-order valence-electron chi connectivity index (χ1n) is 3.88. The highest BCUT2D eigenvalue weighted by Crippen LogP contribution is 2.24. The van der Waals surface area contributed by atoms with Crippen LogP contribution in [0.5, 0.6) is 0 Å². The maximum absolute atomic E-state index is 9.32. The van der Waals surface area contributed by atoms with Gasteiger partial charge in [0.1, 0.15) is 0 Å². The average molecular weight is 174 g/mol. The zero-order chi connectivity index (χ0) is 8.91. The fourth-order valence-corrected chi connectivity index (χ4v) is 1.44. The maximum Gasteiger partial charge on any atom is 0.0665 e. The van der Waals surface area contributed by atoms with Gasteiger partial charge in [0.05, 0.1) is 6.10 Å². The molecule has 0 rings (SSSR count). The highest BCUT2D eigenvalue weighted by molar-refractivity contribution is 8.00. The van der Waals surface area contributed by atoms with E-state index in [1.807, 2.05) is 0 Å². The summed E-state index contributed by atoms with van der Waals surface area (Å²) in [6.07, 6.45) is 2.23. The van der Waals surface area contributed by atoms with Crippen molar-refractivity contribution in [1.29, 1.82) is 0 Å². The molecule has 1 nitrogen and oxygen atoms in total. The lowest BCUT2D eigenvalue weighted by molar-refractivity contribution is 0.203. The summed E-state index contributed by atoms with van der Waals surface area (Å²) < 4.78 is 0.252. The molecule has 1 unspecified atom stereocenters. The fraction of sp³-hybridized carbons (Fsp3) is 0.778. The minimum absolute atomic E-state index is 0.225. The third-order valence-electron chi connectivity index (χ3n) is 1.15. The van der Waals surface area contributed by atoms with Crippen molar-refractivity contribution in [2.75, 3.05) is 5.75 Å². The van der Waals surface area contributed by atoms with Crippen molar-refractivity contribution in [3.8, 4) is 0 Å². The van der Waals surface area contributed by atoms with E-state index < -0.39 is 0 Å².